The highest BCUT2D eigenvalue weighted by Gasteiger charge is 2.48. The lowest BCUT2D eigenvalue weighted by atomic mass is 9.75. The summed E-state index contributed by atoms with van der Waals surface area (Å²) in [5.74, 6) is 0.372. The molecule has 2 saturated heterocycles. The number of piperazine rings is 1. The van der Waals surface area contributed by atoms with Gasteiger partial charge in [-0.05, 0) is 50.9 Å². The molecule has 2 amide bonds. The van der Waals surface area contributed by atoms with Gasteiger partial charge in [0.15, 0.2) is 0 Å². The smallest absolute Gasteiger partial charge is 0.246 e. The Morgan fingerprint density at radius 3 is 2.35 bits per heavy atom. The highest BCUT2D eigenvalue weighted by atomic mass is 16.2. The molecule has 1 saturated carbocycles. The fraction of sp³-hybridized carbons (Fsp3) is 0.875. The van der Waals surface area contributed by atoms with Gasteiger partial charge in [0, 0.05) is 12.6 Å². The van der Waals surface area contributed by atoms with Gasteiger partial charge < -0.3 is 9.80 Å². The second kappa shape index (κ2) is 4.74. The number of rotatable bonds is 1. The van der Waals surface area contributed by atoms with Gasteiger partial charge in [-0.2, -0.15) is 0 Å². The van der Waals surface area contributed by atoms with Crippen molar-refractivity contribution in [2.45, 2.75) is 77.4 Å². The number of carbonyl (C=O) groups is 2. The molecule has 4 nitrogen and oxygen atoms in total. The molecule has 4 heteroatoms. The largest absolute Gasteiger partial charge is 0.329 e. The van der Waals surface area contributed by atoms with Crippen molar-refractivity contribution in [1.82, 2.24) is 9.80 Å². The average Bonchev–Trinajstić information content (AvgIpc) is 2.88. The van der Waals surface area contributed by atoms with Gasteiger partial charge in [0.25, 0.3) is 0 Å². The molecule has 20 heavy (non-hydrogen) atoms. The van der Waals surface area contributed by atoms with E-state index in [1.54, 1.807) is 0 Å². The van der Waals surface area contributed by atoms with E-state index in [-0.39, 0.29) is 29.9 Å². The normalized spacial score (nSPS) is 34.5. The second-order valence-corrected chi connectivity index (χ2v) is 7.51. The van der Waals surface area contributed by atoms with Crippen LogP contribution < -0.4 is 0 Å². The predicted molar refractivity (Wildman–Crippen MR) is 77.1 cm³/mol. The molecule has 0 radical (unpaired) electrons. The first-order valence-corrected chi connectivity index (χ1v) is 8.03. The van der Waals surface area contributed by atoms with Crippen LogP contribution in [0.15, 0.2) is 0 Å². The second-order valence-electron chi connectivity index (χ2n) is 7.51. The molecule has 3 rings (SSSR count). The van der Waals surface area contributed by atoms with Crippen LogP contribution in [0.4, 0.5) is 0 Å². The molecule has 3 fully saturated rings. The van der Waals surface area contributed by atoms with Crippen molar-refractivity contribution in [1.29, 1.82) is 0 Å². The third-order valence-corrected chi connectivity index (χ3v) is 5.55. The standard InChI is InChI=1S/C16H26N2O2/c1-11-14(19)17-10-4-5-13(17)15(20)18(11)12-6-8-16(2,3)9-7-12/h11-13H,4-10H2,1-3H3. The van der Waals surface area contributed by atoms with Crippen molar-refractivity contribution < 1.29 is 9.59 Å². The summed E-state index contributed by atoms with van der Waals surface area (Å²) in [5.41, 5.74) is 0.391. The van der Waals surface area contributed by atoms with Crippen LogP contribution in [0.5, 0.6) is 0 Å². The van der Waals surface area contributed by atoms with Gasteiger partial charge in [-0.3, -0.25) is 9.59 Å². The summed E-state index contributed by atoms with van der Waals surface area (Å²) in [7, 11) is 0. The average molecular weight is 278 g/mol. The minimum absolute atomic E-state index is 0.159. The fourth-order valence-corrected chi connectivity index (χ4v) is 4.17. The first-order valence-electron chi connectivity index (χ1n) is 8.03. The summed E-state index contributed by atoms with van der Waals surface area (Å²) in [6, 6.07) is -0.145. The third-order valence-electron chi connectivity index (χ3n) is 5.55. The third kappa shape index (κ3) is 2.13. The Kier molecular flexibility index (Phi) is 3.30. The first kappa shape index (κ1) is 13.9. The van der Waals surface area contributed by atoms with E-state index in [4.69, 9.17) is 0 Å². The van der Waals surface area contributed by atoms with Crippen molar-refractivity contribution in [3.05, 3.63) is 0 Å². The molecule has 0 aromatic rings. The monoisotopic (exact) mass is 278 g/mol. The summed E-state index contributed by atoms with van der Waals surface area (Å²) >= 11 is 0. The molecule has 0 aromatic carbocycles. The minimum Gasteiger partial charge on any atom is -0.329 e. The molecular weight excluding hydrogens is 252 g/mol. The highest BCUT2D eigenvalue weighted by molar-refractivity contribution is 5.97. The zero-order valence-electron chi connectivity index (χ0n) is 12.9. The maximum atomic E-state index is 12.8. The topological polar surface area (TPSA) is 40.6 Å². The van der Waals surface area contributed by atoms with Crippen molar-refractivity contribution in [3.8, 4) is 0 Å². The van der Waals surface area contributed by atoms with Crippen LogP contribution in [0.1, 0.15) is 59.3 Å². The summed E-state index contributed by atoms with van der Waals surface area (Å²) in [5, 5.41) is 0. The number of hydrogen-bond donors (Lipinski definition) is 0. The molecule has 0 spiro atoms. The van der Waals surface area contributed by atoms with E-state index in [1.165, 1.54) is 0 Å². The Balaban J connectivity index is 1.78. The lowest BCUT2D eigenvalue weighted by molar-refractivity contribution is -0.162. The van der Waals surface area contributed by atoms with Crippen molar-refractivity contribution in [2.24, 2.45) is 5.41 Å². The molecule has 0 bridgehead atoms. The van der Waals surface area contributed by atoms with Gasteiger partial charge in [0.1, 0.15) is 12.1 Å². The Morgan fingerprint density at radius 2 is 1.70 bits per heavy atom. The van der Waals surface area contributed by atoms with Crippen molar-refractivity contribution in [3.63, 3.8) is 0 Å². The van der Waals surface area contributed by atoms with E-state index in [0.717, 1.165) is 45.1 Å². The van der Waals surface area contributed by atoms with Gasteiger partial charge in [-0.15, -0.1) is 0 Å². The van der Waals surface area contributed by atoms with Crippen LogP contribution >= 0.6 is 0 Å². The van der Waals surface area contributed by atoms with Gasteiger partial charge in [-0.1, -0.05) is 13.8 Å². The predicted octanol–water partition coefficient (Wildman–Crippen LogP) is 2.18. The zero-order chi connectivity index (χ0) is 14.5. The highest BCUT2D eigenvalue weighted by Crippen LogP contribution is 2.39. The minimum atomic E-state index is -0.261. The first-order chi connectivity index (χ1) is 9.41. The van der Waals surface area contributed by atoms with Gasteiger partial charge in [0.05, 0.1) is 0 Å². The molecular formula is C16H26N2O2. The zero-order valence-corrected chi connectivity index (χ0v) is 12.9. The van der Waals surface area contributed by atoms with E-state index < -0.39 is 0 Å². The van der Waals surface area contributed by atoms with Gasteiger partial charge in [0.2, 0.25) is 11.8 Å². The lowest BCUT2D eigenvalue weighted by Gasteiger charge is -2.47. The number of amides is 2. The van der Waals surface area contributed by atoms with E-state index in [2.05, 4.69) is 13.8 Å². The molecule has 2 unspecified atom stereocenters. The van der Waals surface area contributed by atoms with Crippen molar-refractivity contribution >= 4 is 11.8 Å². The summed E-state index contributed by atoms with van der Waals surface area (Å²) < 4.78 is 0. The van der Waals surface area contributed by atoms with Crippen LogP contribution in [0.2, 0.25) is 0 Å². The lowest BCUT2D eigenvalue weighted by Crippen LogP contribution is -2.64. The maximum absolute atomic E-state index is 12.8. The number of nitrogens with zero attached hydrogens (tertiary/aromatic N) is 2. The van der Waals surface area contributed by atoms with Crippen LogP contribution in [0.3, 0.4) is 0 Å². The summed E-state index contributed by atoms with van der Waals surface area (Å²) in [6.45, 7) is 7.28. The van der Waals surface area contributed by atoms with Crippen LogP contribution in [0, 0.1) is 5.41 Å². The molecule has 112 valence electrons. The molecule has 0 N–H and O–H groups in total. The quantitative estimate of drug-likeness (QED) is 0.737. The summed E-state index contributed by atoms with van der Waals surface area (Å²) in [4.78, 5) is 29.0. The van der Waals surface area contributed by atoms with Crippen LogP contribution in [-0.2, 0) is 9.59 Å². The van der Waals surface area contributed by atoms with Crippen molar-refractivity contribution in [2.75, 3.05) is 6.54 Å². The maximum Gasteiger partial charge on any atom is 0.246 e. The Bertz CT molecular complexity index is 422. The Labute approximate surface area is 121 Å². The van der Waals surface area contributed by atoms with Crippen LogP contribution in [0.25, 0.3) is 0 Å². The van der Waals surface area contributed by atoms with Gasteiger partial charge in [-0.25, -0.2) is 0 Å². The molecule has 0 aromatic heterocycles. The molecule has 3 aliphatic rings. The molecule has 1 aliphatic carbocycles. The van der Waals surface area contributed by atoms with E-state index >= 15 is 0 Å². The Hall–Kier alpha value is -1.06. The fourth-order valence-electron chi connectivity index (χ4n) is 4.17. The number of fused-ring (bicyclic) bond motifs is 1. The molecule has 2 aliphatic heterocycles. The van der Waals surface area contributed by atoms with E-state index in [9.17, 15) is 9.59 Å². The van der Waals surface area contributed by atoms with E-state index in [1.807, 2.05) is 16.7 Å². The molecule has 2 atom stereocenters. The van der Waals surface area contributed by atoms with Gasteiger partial charge >= 0.3 is 0 Å². The number of carbonyl (C=O) groups excluding carboxylic acids is 2. The molecule has 2 heterocycles. The summed E-state index contributed by atoms with van der Waals surface area (Å²) in [6.07, 6.45) is 6.21. The van der Waals surface area contributed by atoms with E-state index in [0.29, 0.717) is 5.41 Å². The number of hydrogen-bond acceptors (Lipinski definition) is 2. The van der Waals surface area contributed by atoms with Crippen LogP contribution in [-0.4, -0.2) is 46.3 Å². The SMILES string of the molecule is CC1C(=O)N2CCCC2C(=O)N1C1CCC(C)(C)CC1. The Morgan fingerprint density at radius 1 is 1.05 bits per heavy atom.